The number of amides is 1. The van der Waals surface area contributed by atoms with Crippen molar-refractivity contribution >= 4 is 11.7 Å². The molecule has 1 aromatic rings. The number of benzene rings is 1. The predicted molar refractivity (Wildman–Crippen MR) is 83.4 cm³/mol. The maximum atomic E-state index is 12.0. The SMILES string of the molecule is CCc1ccc(C(=O)CCC(=O)NC2CCCNC2)cc1. The van der Waals surface area contributed by atoms with Crippen LogP contribution in [-0.4, -0.2) is 30.8 Å². The topological polar surface area (TPSA) is 58.2 Å². The second-order valence-corrected chi connectivity index (χ2v) is 5.58. The van der Waals surface area contributed by atoms with E-state index in [1.54, 1.807) is 0 Å². The van der Waals surface area contributed by atoms with E-state index in [2.05, 4.69) is 17.6 Å². The number of rotatable bonds is 6. The van der Waals surface area contributed by atoms with Crippen molar-refractivity contribution in [2.45, 2.75) is 45.1 Å². The highest BCUT2D eigenvalue weighted by molar-refractivity contribution is 5.98. The van der Waals surface area contributed by atoms with Crippen molar-refractivity contribution in [3.05, 3.63) is 35.4 Å². The summed E-state index contributed by atoms with van der Waals surface area (Å²) in [6.07, 6.45) is 3.62. The highest BCUT2D eigenvalue weighted by Gasteiger charge is 2.16. The summed E-state index contributed by atoms with van der Waals surface area (Å²) in [5.74, 6) is 0.0109. The van der Waals surface area contributed by atoms with Crippen LogP contribution in [0.3, 0.4) is 0 Å². The summed E-state index contributed by atoms with van der Waals surface area (Å²) in [5.41, 5.74) is 1.91. The molecule has 21 heavy (non-hydrogen) atoms. The van der Waals surface area contributed by atoms with Gasteiger partial charge in [-0.3, -0.25) is 9.59 Å². The molecule has 0 saturated carbocycles. The van der Waals surface area contributed by atoms with Gasteiger partial charge in [0.05, 0.1) is 0 Å². The summed E-state index contributed by atoms with van der Waals surface area (Å²) in [6, 6.07) is 7.86. The molecule has 114 valence electrons. The van der Waals surface area contributed by atoms with Crippen molar-refractivity contribution in [1.82, 2.24) is 10.6 Å². The molecule has 4 heteroatoms. The Morgan fingerprint density at radius 2 is 2.00 bits per heavy atom. The Labute approximate surface area is 126 Å². The van der Waals surface area contributed by atoms with Crippen LogP contribution in [0.1, 0.15) is 48.5 Å². The summed E-state index contributed by atoms with van der Waals surface area (Å²) in [4.78, 5) is 23.9. The summed E-state index contributed by atoms with van der Waals surface area (Å²) in [6.45, 7) is 3.94. The van der Waals surface area contributed by atoms with Crippen molar-refractivity contribution in [2.75, 3.05) is 13.1 Å². The van der Waals surface area contributed by atoms with Crippen LogP contribution in [0.5, 0.6) is 0 Å². The van der Waals surface area contributed by atoms with Crippen molar-refractivity contribution < 1.29 is 9.59 Å². The number of hydrogen-bond acceptors (Lipinski definition) is 3. The molecular weight excluding hydrogens is 264 g/mol. The fourth-order valence-electron chi connectivity index (χ4n) is 2.57. The van der Waals surface area contributed by atoms with Gasteiger partial charge in [0.25, 0.3) is 0 Å². The first-order chi connectivity index (χ1) is 10.2. The Bertz CT molecular complexity index is 476. The van der Waals surface area contributed by atoms with E-state index in [-0.39, 0.29) is 30.6 Å². The molecule has 1 amide bonds. The molecule has 1 aliphatic rings. The largest absolute Gasteiger partial charge is 0.352 e. The normalized spacial score (nSPS) is 18.2. The number of nitrogens with one attached hydrogen (secondary N) is 2. The van der Waals surface area contributed by atoms with E-state index in [0.717, 1.165) is 32.4 Å². The number of aryl methyl sites for hydroxylation is 1. The maximum Gasteiger partial charge on any atom is 0.220 e. The van der Waals surface area contributed by atoms with Crippen LogP contribution in [0.15, 0.2) is 24.3 Å². The molecule has 1 aromatic carbocycles. The molecular formula is C17H24N2O2. The molecule has 1 aliphatic heterocycles. The van der Waals surface area contributed by atoms with Gasteiger partial charge in [0.15, 0.2) is 5.78 Å². The van der Waals surface area contributed by atoms with E-state index < -0.39 is 0 Å². The molecule has 1 unspecified atom stereocenters. The first kappa shape index (κ1) is 15.7. The number of hydrogen-bond donors (Lipinski definition) is 2. The quantitative estimate of drug-likeness (QED) is 0.788. The minimum Gasteiger partial charge on any atom is -0.352 e. The van der Waals surface area contributed by atoms with Crippen molar-refractivity contribution in [3.8, 4) is 0 Å². The lowest BCUT2D eigenvalue weighted by Gasteiger charge is -2.23. The van der Waals surface area contributed by atoms with E-state index >= 15 is 0 Å². The van der Waals surface area contributed by atoms with Crippen LogP contribution in [0, 0.1) is 0 Å². The van der Waals surface area contributed by atoms with Crippen molar-refractivity contribution in [3.63, 3.8) is 0 Å². The molecule has 1 atom stereocenters. The fraction of sp³-hybridized carbons (Fsp3) is 0.529. The van der Waals surface area contributed by atoms with Crippen LogP contribution in [0.2, 0.25) is 0 Å². The number of carbonyl (C=O) groups excluding carboxylic acids is 2. The van der Waals surface area contributed by atoms with Crippen molar-refractivity contribution in [2.24, 2.45) is 0 Å². The molecule has 2 N–H and O–H groups in total. The zero-order chi connectivity index (χ0) is 15.1. The van der Waals surface area contributed by atoms with Gasteiger partial charge < -0.3 is 10.6 Å². The molecule has 0 aliphatic carbocycles. The number of ketones is 1. The number of carbonyl (C=O) groups is 2. The Morgan fingerprint density at radius 3 is 2.62 bits per heavy atom. The lowest BCUT2D eigenvalue weighted by molar-refractivity contribution is -0.121. The van der Waals surface area contributed by atoms with Crippen LogP contribution < -0.4 is 10.6 Å². The van der Waals surface area contributed by atoms with Gasteiger partial charge in [-0.05, 0) is 31.4 Å². The smallest absolute Gasteiger partial charge is 0.220 e. The van der Waals surface area contributed by atoms with E-state index in [1.807, 2.05) is 24.3 Å². The highest BCUT2D eigenvalue weighted by Crippen LogP contribution is 2.09. The second kappa shape index (κ2) is 7.93. The monoisotopic (exact) mass is 288 g/mol. The Hall–Kier alpha value is -1.68. The minimum absolute atomic E-state index is 0.0257. The highest BCUT2D eigenvalue weighted by atomic mass is 16.2. The molecule has 2 rings (SSSR count). The average molecular weight is 288 g/mol. The molecule has 0 spiro atoms. The fourth-order valence-corrected chi connectivity index (χ4v) is 2.57. The lowest BCUT2D eigenvalue weighted by atomic mass is 10.0. The molecule has 4 nitrogen and oxygen atoms in total. The Morgan fingerprint density at radius 1 is 1.24 bits per heavy atom. The van der Waals surface area contributed by atoms with Gasteiger partial charge in [0.1, 0.15) is 0 Å². The minimum atomic E-state index is -0.0257. The van der Waals surface area contributed by atoms with E-state index in [4.69, 9.17) is 0 Å². The Balaban J connectivity index is 1.75. The second-order valence-electron chi connectivity index (χ2n) is 5.58. The summed E-state index contributed by atoms with van der Waals surface area (Å²) in [5, 5.41) is 6.25. The third-order valence-corrected chi connectivity index (χ3v) is 3.93. The van der Waals surface area contributed by atoms with Gasteiger partial charge in [-0.25, -0.2) is 0 Å². The average Bonchev–Trinajstić information content (AvgIpc) is 2.53. The summed E-state index contributed by atoms with van der Waals surface area (Å²) in [7, 11) is 0. The third-order valence-electron chi connectivity index (χ3n) is 3.93. The predicted octanol–water partition coefficient (Wildman–Crippen LogP) is 2.08. The van der Waals surface area contributed by atoms with Gasteiger partial charge in [0.2, 0.25) is 5.91 Å². The van der Waals surface area contributed by atoms with E-state index in [1.165, 1.54) is 5.56 Å². The molecule has 0 radical (unpaired) electrons. The molecule has 0 aromatic heterocycles. The Kier molecular flexibility index (Phi) is 5.93. The van der Waals surface area contributed by atoms with E-state index in [0.29, 0.717) is 5.56 Å². The number of piperidine rings is 1. The zero-order valence-corrected chi connectivity index (χ0v) is 12.7. The van der Waals surface area contributed by atoms with Gasteiger partial charge >= 0.3 is 0 Å². The zero-order valence-electron chi connectivity index (χ0n) is 12.7. The van der Waals surface area contributed by atoms with Crippen LogP contribution in [0.25, 0.3) is 0 Å². The molecule has 1 saturated heterocycles. The van der Waals surface area contributed by atoms with Gasteiger partial charge in [-0.1, -0.05) is 31.2 Å². The van der Waals surface area contributed by atoms with Crippen LogP contribution >= 0.6 is 0 Å². The van der Waals surface area contributed by atoms with Crippen LogP contribution in [-0.2, 0) is 11.2 Å². The maximum absolute atomic E-state index is 12.0. The third kappa shape index (κ3) is 4.97. The van der Waals surface area contributed by atoms with Gasteiger partial charge in [-0.15, -0.1) is 0 Å². The molecule has 1 heterocycles. The van der Waals surface area contributed by atoms with Crippen molar-refractivity contribution in [1.29, 1.82) is 0 Å². The molecule has 0 bridgehead atoms. The standard InChI is InChI=1S/C17H24N2O2/c1-2-13-5-7-14(8-6-13)16(20)9-10-17(21)19-15-4-3-11-18-12-15/h5-8,15,18H,2-4,9-12H2,1H3,(H,19,21). The summed E-state index contributed by atoms with van der Waals surface area (Å²) >= 11 is 0. The first-order valence-corrected chi connectivity index (χ1v) is 7.81. The van der Waals surface area contributed by atoms with Crippen LogP contribution in [0.4, 0.5) is 0 Å². The first-order valence-electron chi connectivity index (χ1n) is 7.81. The number of Topliss-reactive ketones (excluding diaryl/α,β-unsaturated/α-hetero) is 1. The molecule has 1 fully saturated rings. The van der Waals surface area contributed by atoms with Gasteiger partial charge in [0, 0.05) is 31.0 Å². The summed E-state index contributed by atoms with van der Waals surface area (Å²) < 4.78 is 0. The lowest BCUT2D eigenvalue weighted by Crippen LogP contribution is -2.45. The van der Waals surface area contributed by atoms with Gasteiger partial charge in [-0.2, -0.15) is 0 Å². The van der Waals surface area contributed by atoms with E-state index in [9.17, 15) is 9.59 Å².